The molecule has 1 N–H and O–H groups in total. The Morgan fingerprint density at radius 2 is 2.00 bits per heavy atom. The number of alkyl halides is 1. The van der Waals surface area contributed by atoms with Gasteiger partial charge in [0.25, 0.3) is 0 Å². The SMILES string of the molecule is O=C(CBr)NCCS(=O)(=O)[O-].[Na+]. The molecule has 5 nitrogen and oxygen atoms in total. The Bertz CT molecular complexity index is 229. The van der Waals surface area contributed by atoms with Crippen LogP contribution in [0, 0.1) is 0 Å². The van der Waals surface area contributed by atoms with E-state index in [1.54, 1.807) is 0 Å². The number of hydrogen-bond donors (Lipinski definition) is 1. The summed E-state index contributed by atoms with van der Waals surface area (Å²) in [6.45, 7) is -0.129. The molecule has 0 aliphatic rings. The number of carbonyl (C=O) groups excluding carboxylic acids is 1. The Hall–Kier alpha value is 0.860. The smallest absolute Gasteiger partial charge is 0.748 e. The molecule has 0 atom stereocenters. The van der Waals surface area contributed by atoms with Gasteiger partial charge in [-0.05, 0) is 0 Å². The summed E-state index contributed by atoms with van der Waals surface area (Å²) in [5, 5.41) is 2.33. The first-order chi connectivity index (χ1) is 4.95. The van der Waals surface area contributed by atoms with Crippen LogP contribution in [0.25, 0.3) is 0 Å². The summed E-state index contributed by atoms with van der Waals surface area (Å²) in [5.41, 5.74) is 0. The summed E-state index contributed by atoms with van der Waals surface area (Å²) >= 11 is 2.86. The van der Waals surface area contributed by atoms with Gasteiger partial charge in [0.15, 0.2) is 0 Å². The predicted octanol–water partition coefficient (Wildman–Crippen LogP) is -3.95. The van der Waals surface area contributed by atoms with Crippen LogP contribution in [0.4, 0.5) is 0 Å². The second-order valence-electron chi connectivity index (χ2n) is 1.75. The molecule has 0 bridgehead atoms. The Labute approximate surface area is 101 Å². The van der Waals surface area contributed by atoms with E-state index < -0.39 is 15.9 Å². The van der Waals surface area contributed by atoms with E-state index in [1.165, 1.54) is 0 Å². The summed E-state index contributed by atoms with van der Waals surface area (Å²) in [6.07, 6.45) is 0. The summed E-state index contributed by atoms with van der Waals surface area (Å²) < 4.78 is 29.9. The van der Waals surface area contributed by atoms with Gasteiger partial charge < -0.3 is 9.87 Å². The molecular formula is C4H7BrNNaO4S. The van der Waals surface area contributed by atoms with Crippen LogP contribution in [0.15, 0.2) is 0 Å². The number of carbonyl (C=O) groups is 1. The molecule has 0 fully saturated rings. The number of hydrogen-bond acceptors (Lipinski definition) is 4. The van der Waals surface area contributed by atoms with Gasteiger partial charge in [-0.15, -0.1) is 0 Å². The van der Waals surface area contributed by atoms with Gasteiger partial charge in [-0.3, -0.25) is 4.79 Å². The largest absolute Gasteiger partial charge is 1.00 e. The van der Waals surface area contributed by atoms with Crippen molar-refractivity contribution in [1.82, 2.24) is 5.32 Å². The van der Waals surface area contributed by atoms with Crippen LogP contribution in [0.1, 0.15) is 0 Å². The van der Waals surface area contributed by atoms with Crippen molar-refractivity contribution in [1.29, 1.82) is 0 Å². The molecule has 0 unspecified atom stereocenters. The minimum absolute atomic E-state index is 0. The first kappa shape index (κ1) is 15.3. The number of nitrogens with one attached hydrogen (secondary N) is 1. The van der Waals surface area contributed by atoms with Gasteiger partial charge in [-0.2, -0.15) is 0 Å². The van der Waals surface area contributed by atoms with Gasteiger partial charge in [-0.25, -0.2) is 8.42 Å². The fourth-order valence-electron chi connectivity index (χ4n) is 0.363. The maximum atomic E-state index is 10.4. The molecule has 0 saturated carbocycles. The second-order valence-corrected chi connectivity index (χ2v) is 3.83. The van der Waals surface area contributed by atoms with Crippen LogP contribution >= 0.6 is 15.9 Å². The van der Waals surface area contributed by atoms with E-state index >= 15 is 0 Å². The first-order valence-electron chi connectivity index (χ1n) is 2.72. The van der Waals surface area contributed by atoms with Gasteiger partial charge in [0, 0.05) is 6.54 Å². The zero-order chi connectivity index (χ0) is 8.91. The van der Waals surface area contributed by atoms with E-state index in [0.29, 0.717) is 0 Å². The van der Waals surface area contributed by atoms with Crippen molar-refractivity contribution in [3.8, 4) is 0 Å². The Morgan fingerprint density at radius 3 is 2.33 bits per heavy atom. The average Bonchev–Trinajstić information content (AvgIpc) is 1.85. The van der Waals surface area contributed by atoms with Gasteiger partial charge in [0.05, 0.1) is 21.2 Å². The third-order valence-electron chi connectivity index (χ3n) is 0.796. The van der Waals surface area contributed by atoms with Crippen molar-refractivity contribution in [2.75, 3.05) is 17.6 Å². The van der Waals surface area contributed by atoms with E-state index in [2.05, 4.69) is 21.2 Å². The van der Waals surface area contributed by atoms with Crippen molar-refractivity contribution in [3.05, 3.63) is 0 Å². The van der Waals surface area contributed by atoms with Crippen LogP contribution < -0.4 is 34.9 Å². The minimum atomic E-state index is -4.21. The molecule has 1 amide bonds. The normalized spacial score (nSPS) is 10.2. The molecule has 0 saturated heterocycles. The van der Waals surface area contributed by atoms with E-state index in [0.717, 1.165) is 0 Å². The molecule has 0 aliphatic carbocycles. The number of halogens is 1. The van der Waals surface area contributed by atoms with Crippen molar-refractivity contribution in [3.63, 3.8) is 0 Å². The topological polar surface area (TPSA) is 86.3 Å². The molecule has 0 rings (SSSR count). The molecule has 66 valence electrons. The average molecular weight is 268 g/mol. The maximum absolute atomic E-state index is 10.4. The Morgan fingerprint density at radius 1 is 1.50 bits per heavy atom. The Balaban J connectivity index is 0. The minimum Gasteiger partial charge on any atom is -0.748 e. The quantitative estimate of drug-likeness (QED) is 0.320. The molecular weight excluding hydrogens is 261 g/mol. The van der Waals surface area contributed by atoms with Crippen molar-refractivity contribution < 1.29 is 47.3 Å². The molecule has 0 spiro atoms. The van der Waals surface area contributed by atoms with Gasteiger partial charge >= 0.3 is 29.6 Å². The van der Waals surface area contributed by atoms with E-state index in [-0.39, 0.29) is 47.3 Å². The second kappa shape index (κ2) is 7.28. The molecule has 8 heteroatoms. The van der Waals surface area contributed by atoms with Crippen molar-refractivity contribution in [2.24, 2.45) is 0 Å². The van der Waals surface area contributed by atoms with Crippen LogP contribution in [-0.2, 0) is 14.9 Å². The molecule has 0 aliphatic heterocycles. The first-order valence-corrected chi connectivity index (χ1v) is 5.42. The van der Waals surface area contributed by atoms with Crippen LogP contribution in [-0.4, -0.2) is 36.5 Å². The summed E-state index contributed by atoms with van der Waals surface area (Å²) in [5.74, 6) is -0.903. The van der Waals surface area contributed by atoms with E-state index in [1.807, 2.05) is 0 Å². The summed E-state index contributed by atoms with van der Waals surface area (Å²) in [6, 6.07) is 0. The Kier molecular flexibility index (Phi) is 9.31. The number of rotatable bonds is 4. The number of amides is 1. The van der Waals surface area contributed by atoms with E-state index in [4.69, 9.17) is 0 Å². The predicted molar refractivity (Wildman–Crippen MR) is 41.4 cm³/mol. The zero-order valence-electron chi connectivity index (χ0n) is 6.54. The van der Waals surface area contributed by atoms with Crippen LogP contribution in [0.2, 0.25) is 0 Å². The van der Waals surface area contributed by atoms with Crippen LogP contribution in [0.5, 0.6) is 0 Å². The third-order valence-corrected chi connectivity index (χ3v) is 2.01. The molecule has 0 aromatic heterocycles. The van der Waals surface area contributed by atoms with E-state index in [9.17, 15) is 17.8 Å². The van der Waals surface area contributed by atoms with Gasteiger partial charge in [-0.1, -0.05) is 15.9 Å². The monoisotopic (exact) mass is 267 g/mol. The molecule has 0 aromatic carbocycles. The summed E-state index contributed by atoms with van der Waals surface area (Å²) in [4.78, 5) is 10.4. The molecule has 12 heavy (non-hydrogen) atoms. The molecule has 0 aromatic rings. The van der Waals surface area contributed by atoms with Crippen molar-refractivity contribution >= 4 is 32.0 Å². The fourth-order valence-corrected chi connectivity index (χ4v) is 0.913. The fraction of sp³-hybridized carbons (Fsp3) is 0.750. The molecule has 0 radical (unpaired) electrons. The van der Waals surface area contributed by atoms with Gasteiger partial charge in [0.2, 0.25) is 5.91 Å². The maximum Gasteiger partial charge on any atom is 1.00 e. The van der Waals surface area contributed by atoms with Gasteiger partial charge in [0.1, 0.15) is 0 Å². The third kappa shape index (κ3) is 10.9. The summed E-state index contributed by atoms with van der Waals surface area (Å²) in [7, 11) is -4.21. The zero-order valence-corrected chi connectivity index (χ0v) is 10.9. The molecule has 0 heterocycles. The van der Waals surface area contributed by atoms with Crippen molar-refractivity contribution in [2.45, 2.75) is 0 Å². The van der Waals surface area contributed by atoms with Crippen LogP contribution in [0.3, 0.4) is 0 Å². The standard InChI is InChI=1S/C4H8BrNO4S.Na/c5-3-4(7)6-1-2-11(8,9)10;/h1-3H2,(H,6,7)(H,8,9,10);/q;+1/p-1.